The molecule has 0 amide bonds. The van der Waals surface area contributed by atoms with Gasteiger partial charge in [0.2, 0.25) is 0 Å². The number of halogens is 3. The zero-order valence-electron chi connectivity index (χ0n) is 9.25. The topological polar surface area (TPSA) is 32.3 Å². The van der Waals surface area contributed by atoms with Crippen molar-refractivity contribution in [3.8, 4) is 5.75 Å². The number of rotatable bonds is 3. The van der Waals surface area contributed by atoms with Gasteiger partial charge in [-0.1, -0.05) is 17.7 Å². The fraction of sp³-hybridized carbons (Fsp3) is 0.0769. The molecule has 5 heteroatoms. The summed E-state index contributed by atoms with van der Waals surface area (Å²) < 4.78 is 25.9. The first kappa shape index (κ1) is 12.6. The quantitative estimate of drug-likeness (QED) is 0.885. The van der Waals surface area contributed by atoms with Crippen molar-refractivity contribution in [2.45, 2.75) is 6.54 Å². The van der Waals surface area contributed by atoms with E-state index in [9.17, 15) is 13.9 Å². The Labute approximate surface area is 108 Å². The van der Waals surface area contributed by atoms with Crippen molar-refractivity contribution in [2.75, 3.05) is 5.32 Å². The lowest BCUT2D eigenvalue weighted by Crippen LogP contribution is -2.00. The van der Waals surface area contributed by atoms with Gasteiger partial charge in [0.25, 0.3) is 0 Å². The molecule has 0 aliphatic rings. The van der Waals surface area contributed by atoms with E-state index in [1.807, 2.05) is 0 Å². The highest BCUT2D eigenvalue weighted by Gasteiger charge is 2.02. The average molecular weight is 270 g/mol. The van der Waals surface area contributed by atoms with Crippen molar-refractivity contribution >= 4 is 17.3 Å². The summed E-state index contributed by atoms with van der Waals surface area (Å²) in [7, 11) is 0. The van der Waals surface area contributed by atoms with Crippen molar-refractivity contribution in [3.05, 3.63) is 58.6 Å². The van der Waals surface area contributed by atoms with Crippen LogP contribution in [0.1, 0.15) is 5.56 Å². The van der Waals surface area contributed by atoms with Crippen LogP contribution in [-0.2, 0) is 6.54 Å². The van der Waals surface area contributed by atoms with E-state index >= 15 is 0 Å². The molecule has 0 atom stereocenters. The first-order chi connectivity index (χ1) is 8.54. The summed E-state index contributed by atoms with van der Waals surface area (Å²) >= 11 is 5.75. The lowest BCUT2D eigenvalue weighted by Gasteiger charge is -2.08. The summed E-state index contributed by atoms with van der Waals surface area (Å²) in [4.78, 5) is 0. The van der Waals surface area contributed by atoms with Gasteiger partial charge in [-0.05, 0) is 29.8 Å². The van der Waals surface area contributed by atoms with Crippen LogP contribution in [0.15, 0.2) is 36.4 Å². The van der Waals surface area contributed by atoms with Crippen molar-refractivity contribution in [1.82, 2.24) is 0 Å². The molecule has 0 spiro atoms. The normalized spacial score (nSPS) is 10.4. The number of phenolic OH excluding ortho intramolecular Hbond substituents is 1. The maximum Gasteiger partial charge on any atom is 0.134 e. The average Bonchev–Trinajstić information content (AvgIpc) is 2.29. The molecule has 0 saturated heterocycles. The third-order valence-electron chi connectivity index (χ3n) is 2.37. The Morgan fingerprint density at radius 1 is 1.06 bits per heavy atom. The third kappa shape index (κ3) is 3.11. The lowest BCUT2D eigenvalue weighted by molar-refractivity contribution is 0.475. The highest BCUT2D eigenvalue weighted by Crippen LogP contribution is 2.24. The van der Waals surface area contributed by atoms with Crippen molar-refractivity contribution < 1.29 is 13.9 Å². The molecule has 0 saturated carbocycles. The summed E-state index contributed by atoms with van der Waals surface area (Å²) in [6.07, 6.45) is 0. The smallest absolute Gasteiger partial charge is 0.134 e. The molecular formula is C13H10ClF2NO. The minimum absolute atomic E-state index is 0.00258. The van der Waals surface area contributed by atoms with Gasteiger partial charge in [0.15, 0.2) is 0 Å². The van der Waals surface area contributed by atoms with Gasteiger partial charge in [-0.25, -0.2) is 8.78 Å². The first-order valence-electron chi connectivity index (χ1n) is 5.22. The molecule has 0 aliphatic carbocycles. The zero-order valence-corrected chi connectivity index (χ0v) is 10.0. The van der Waals surface area contributed by atoms with E-state index in [0.717, 1.165) is 11.6 Å². The summed E-state index contributed by atoms with van der Waals surface area (Å²) in [5, 5.41) is 12.4. The van der Waals surface area contributed by atoms with Crippen molar-refractivity contribution in [2.24, 2.45) is 0 Å². The fourth-order valence-electron chi connectivity index (χ4n) is 1.52. The summed E-state index contributed by atoms with van der Waals surface area (Å²) in [5.41, 5.74) is 1.14. The van der Waals surface area contributed by atoms with E-state index in [1.54, 1.807) is 12.1 Å². The summed E-state index contributed by atoms with van der Waals surface area (Å²) in [6.45, 7) is 0.350. The van der Waals surface area contributed by atoms with Gasteiger partial charge in [-0.15, -0.1) is 0 Å². The monoisotopic (exact) mass is 269 g/mol. The Balaban J connectivity index is 2.08. The highest BCUT2D eigenvalue weighted by atomic mass is 35.5. The molecular weight excluding hydrogens is 260 g/mol. The second-order valence-corrected chi connectivity index (χ2v) is 4.20. The maximum absolute atomic E-state index is 12.9. The van der Waals surface area contributed by atoms with Gasteiger partial charge in [-0.2, -0.15) is 0 Å². The largest absolute Gasteiger partial charge is 0.506 e. The molecule has 2 nitrogen and oxygen atoms in total. The van der Waals surface area contributed by atoms with E-state index in [4.69, 9.17) is 11.6 Å². The van der Waals surface area contributed by atoms with E-state index in [-0.39, 0.29) is 10.8 Å². The second-order valence-electron chi connectivity index (χ2n) is 3.80. The Bertz CT molecular complexity index is 555. The Kier molecular flexibility index (Phi) is 3.67. The van der Waals surface area contributed by atoms with Gasteiger partial charge in [0.05, 0.1) is 5.02 Å². The number of nitrogens with one attached hydrogen (secondary N) is 1. The molecule has 0 radical (unpaired) electrons. The molecule has 0 aromatic heterocycles. The van der Waals surface area contributed by atoms with E-state index in [1.165, 1.54) is 18.2 Å². The lowest BCUT2D eigenvalue weighted by atomic mass is 10.2. The number of benzene rings is 2. The van der Waals surface area contributed by atoms with Gasteiger partial charge in [0.1, 0.15) is 17.4 Å². The molecule has 2 rings (SSSR count). The molecule has 0 heterocycles. The fourth-order valence-corrected chi connectivity index (χ4v) is 1.72. The van der Waals surface area contributed by atoms with Gasteiger partial charge < -0.3 is 10.4 Å². The van der Waals surface area contributed by atoms with Crippen molar-refractivity contribution in [3.63, 3.8) is 0 Å². The van der Waals surface area contributed by atoms with Gasteiger partial charge in [-0.3, -0.25) is 0 Å². The molecule has 18 heavy (non-hydrogen) atoms. The standard InChI is InChI=1S/C13H10ClF2NO/c14-12-3-8(1-2-13(12)18)7-17-11-5-9(15)4-10(16)6-11/h1-6,17-18H,7H2. The van der Waals surface area contributed by atoms with Crippen LogP contribution in [0.25, 0.3) is 0 Å². The zero-order chi connectivity index (χ0) is 13.1. The predicted octanol–water partition coefficient (Wildman–Crippen LogP) is 3.94. The number of anilines is 1. The van der Waals surface area contributed by atoms with Crippen LogP contribution in [0.2, 0.25) is 5.02 Å². The molecule has 0 fully saturated rings. The maximum atomic E-state index is 12.9. The SMILES string of the molecule is Oc1ccc(CNc2cc(F)cc(F)c2)cc1Cl. The number of hydrogen-bond acceptors (Lipinski definition) is 2. The number of phenols is 1. The van der Waals surface area contributed by atoms with Crippen LogP contribution in [-0.4, -0.2) is 5.11 Å². The molecule has 2 N–H and O–H groups in total. The van der Waals surface area contributed by atoms with Crippen LogP contribution in [0.4, 0.5) is 14.5 Å². The van der Waals surface area contributed by atoms with Crippen LogP contribution < -0.4 is 5.32 Å². The molecule has 2 aromatic carbocycles. The third-order valence-corrected chi connectivity index (χ3v) is 2.67. The highest BCUT2D eigenvalue weighted by molar-refractivity contribution is 6.32. The molecule has 94 valence electrons. The minimum Gasteiger partial charge on any atom is -0.506 e. The van der Waals surface area contributed by atoms with Crippen molar-refractivity contribution in [1.29, 1.82) is 0 Å². The Morgan fingerprint density at radius 3 is 2.33 bits per heavy atom. The Hall–Kier alpha value is -1.81. The van der Waals surface area contributed by atoms with Gasteiger partial charge >= 0.3 is 0 Å². The van der Waals surface area contributed by atoms with Crippen LogP contribution in [0.3, 0.4) is 0 Å². The van der Waals surface area contributed by atoms with E-state index < -0.39 is 11.6 Å². The van der Waals surface area contributed by atoms with E-state index in [0.29, 0.717) is 12.2 Å². The molecule has 0 bridgehead atoms. The molecule has 2 aromatic rings. The predicted molar refractivity (Wildman–Crippen MR) is 66.8 cm³/mol. The summed E-state index contributed by atoms with van der Waals surface area (Å²) in [5.74, 6) is -1.28. The Morgan fingerprint density at radius 2 is 1.72 bits per heavy atom. The molecule has 0 aliphatic heterocycles. The van der Waals surface area contributed by atoms with Gasteiger partial charge in [0, 0.05) is 18.3 Å². The van der Waals surface area contributed by atoms with Crippen LogP contribution >= 0.6 is 11.6 Å². The summed E-state index contributed by atoms with van der Waals surface area (Å²) in [6, 6.07) is 7.92. The van der Waals surface area contributed by atoms with Crippen LogP contribution in [0.5, 0.6) is 5.75 Å². The number of hydrogen-bond donors (Lipinski definition) is 2. The second kappa shape index (κ2) is 5.23. The minimum atomic E-state index is -0.638. The van der Waals surface area contributed by atoms with Crippen LogP contribution in [0, 0.1) is 11.6 Å². The molecule has 0 unspecified atom stereocenters. The number of aromatic hydroxyl groups is 1. The first-order valence-corrected chi connectivity index (χ1v) is 5.60. The van der Waals surface area contributed by atoms with E-state index in [2.05, 4.69) is 5.32 Å².